The normalized spacial score (nSPS) is 10.2. The summed E-state index contributed by atoms with van der Waals surface area (Å²) in [6.45, 7) is -0.241. The Bertz CT molecular complexity index is 880. The molecule has 0 fully saturated rings. The molecule has 27 heavy (non-hydrogen) atoms. The third-order valence-electron chi connectivity index (χ3n) is 3.52. The highest BCUT2D eigenvalue weighted by atomic mass is 19.1. The fraction of sp³-hybridized carbons (Fsp3) is 0.167. The number of carbonyl (C=O) groups is 3. The Balaban J connectivity index is 2.08. The van der Waals surface area contributed by atoms with Crippen molar-refractivity contribution in [2.45, 2.75) is 0 Å². The minimum Gasteiger partial charge on any atom is -0.507 e. The highest BCUT2D eigenvalue weighted by Crippen LogP contribution is 2.22. The first-order valence-corrected chi connectivity index (χ1v) is 7.76. The van der Waals surface area contributed by atoms with Crippen LogP contribution in [0.2, 0.25) is 0 Å². The number of rotatable bonds is 5. The van der Waals surface area contributed by atoms with Crippen molar-refractivity contribution in [1.29, 1.82) is 0 Å². The highest BCUT2D eigenvalue weighted by Gasteiger charge is 2.15. The summed E-state index contributed by atoms with van der Waals surface area (Å²) in [6.07, 6.45) is 0. The number of carbonyl (C=O) groups excluding carboxylic acids is 3. The lowest BCUT2D eigenvalue weighted by molar-refractivity contribution is -0.127. The van der Waals surface area contributed by atoms with Crippen LogP contribution in [0.15, 0.2) is 36.4 Å². The van der Waals surface area contributed by atoms with Crippen molar-refractivity contribution in [1.82, 2.24) is 10.2 Å². The Morgan fingerprint density at radius 3 is 2.19 bits per heavy atom. The monoisotopic (exact) mass is 377 g/mol. The van der Waals surface area contributed by atoms with Gasteiger partial charge in [0.15, 0.2) is 0 Å². The van der Waals surface area contributed by atoms with Crippen molar-refractivity contribution in [3.8, 4) is 5.75 Å². The van der Waals surface area contributed by atoms with Crippen LogP contribution in [0.5, 0.6) is 5.75 Å². The smallest absolute Gasteiger partial charge is 0.255 e. The molecule has 0 spiro atoms. The fourth-order valence-corrected chi connectivity index (χ4v) is 2.10. The molecule has 142 valence electrons. The van der Waals surface area contributed by atoms with Crippen molar-refractivity contribution in [2.24, 2.45) is 0 Å². The first kappa shape index (κ1) is 19.8. The van der Waals surface area contributed by atoms with Crippen LogP contribution in [0.3, 0.4) is 0 Å². The molecule has 3 N–H and O–H groups in total. The molecule has 0 heterocycles. The van der Waals surface area contributed by atoms with E-state index in [0.717, 1.165) is 18.2 Å². The molecule has 0 aromatic heterocycles. The number of hydrogen-bond donors (Lipinski definition) is 3. The summed E-state index contributed by atoms with van der Waals surface area (Å²) in [5, 5.41) is 14.7. The average molecular weight is 377 g/mol. The summed E-state index contributed by atoms with van der Waals surface area (Å²) in [5.74, 6) is -4.03. The Hall–Kier alpha value is -3.49. The van der Waals surface area contributed by atoms with E-state index in [1.54, 1.807) is 0 Å². The van der Waals surface area contributed by atoms with Gasteiger partial charge < -0.3 is 20.6 Å². The van der Waals surface area contributed by atoms with E-state index < -0.39 is 29.2 Å². The van der Waals surface area contributed by atoms with Crippen LogP contribution in [0.1, 0.15) is 20.7 Å². The Labute approximate surface area is 153 Å². The summed E-state index contributed by atoms with van der Waals surface area (Å²) in [6, 6.07) is 6.04. The highest BCUT2D eigenvalue weighted by molar-refractivity contribution is 6.05. The van der Waals surface area contributed by atoms with Gasteiger partial charge in [0.2, 0.25) is 5.91 Å². The quantitative estimate of drug-likeness (QED) is 0.739. The molecule has 0 bridgehead atoms. The maximum Gasteiger partial charge on any atom is 0.255 e. The van der Waals surface area contributed by atoms with Crippen molar-refractivity contribution in [3.63, 3.8) is 0 Å². The van der Waals surface area contributed by atoms with Crippen molar-refractivity contribution < 1.29 is 28.3 Å². The molecule has 0 atom stereocenters. The number of phenols is 1. The molecule has 0 saturated heterocycles. The predicted molar refractivity (Wildman–Crippen MR) is 93.4 cm³/mol. The molecular weight excluding hydrogens is 360 g/mol. The van der Waals surface area contributed by atoms with Gasteiger partial charge >= 0.3 is 0 Å². The van der Waals surface area contributed by atoms with E-state index in [9.17, 15) is 28.3 Å². The summed E-state index contributed by atoms with van der Waals surface area (Å²) in [4.78, 5) is 36.8. The van der Waals surface area contributed by atoms with E-state index >= 15 is 0 Å². The molecule has 2 aromatic rings. The van der Waals surface area contributed by atoms with Gasteiger partial charge in [-0.3, -0.25) is 14.4 Å². The van der Waals surface area contributed by atoms with Gasteiger partial charge in [-0.25, -0.2) is 8.78 Å². The molecule has 0 aliphatic carbocycles. The Kier molecular flexibility index (Phi) is 6.07. The zero-order chi connectivity index (χ0) is 20.1. The number of likely N-dealkylation sites (N-methyl/N-ethyl adjacent to an activating group) is 1. The van der Waals surface area contributed by atoms with Gasteiger partial charge in [-0.05, 0) is 24.3 Å². The third kappa shape index (κ3) is 5.24. The predicted octanol–water partition coefficient (Wildman–Crippen LogP) is 1.74. The van der Waals surface area contributed by atoms with E-state index in [1.807, 2.05) is 0 Å². The van der Waals surface area contributed by atoms with Crippen LogP contribution in [0.25, 0.3) is 0 Å². The Morgan fingerprint density at radius 2 is 1.63 bits per heavy atom. The molecule has 0 aliphatic heterocycles. The van der Waals surface area contributed by atoms with Crippen molar-refractivity contribution in [3.05, 3.63) is 59.2 Å². The van der Waals surface area contributed by atoms with Crippen LogP contribution in [0.4, 0.5) is 14.5 Å². The van der Waals surface area contributed by atoms with E-state index in [-0.39, 0.29) is 29.3 Å². The van der Waals surface area contributed by atoms with Crippen molar-refractivity contribution >= 4 is 23.4 Å². The van der Waals surface area contributed by atoms with Crippen LogP contribution < -0.4 is 10.6 Å². The largest absolute Gasteiger partial charge is 0.507 e. The molecule has 2 aromatic carbocycles. The van der Waals surface area contributed by atoms with Gasteiger partial charge in [0.1, 0.15) is 17.4 Å². The molecule has 0 radical (unpaired) electrons. The zero-order valence-electron chi connectivity index (χ0n) is 14.5. The number of benzene rings is 2. The number of hydrogen-bond acceptors (Lipinski definition) is 4. The summed E-state index contributed by atoms with van der Waals surface area (Å²) in [7, 11) is 3.07. The van der Waals surface area contributed by atoms with Crippen LogP contribution in [-0.4, -0.2) is 48.4 Å². The van der Waals surface area contributed by atoms with E-state index in [1.165, 1.54) is 31.1 Å². The lowest BCUT2D eigenvalue weighted by Crippen LogP contribution is -2.36. The number of nitrogens with one attached hydrogen (secondary N) is 2. The number of anilines is 1. The molecule has 3 amide bonds. The number of phenolic OH excluding ortho intramolecular Hbond substituents is 1. The molecule has 7 nitrogen and oxygen atoms in total. The van der Waals surface area contributed by atoms with Gasteiger partial charge in [0, 0.05) is 37.5 Å². The molecular formula is C18H17F2N3O4. The SMILES string of the molecule is CN(C)C(=O)CNC(=O)c1ccc(NC(=O)c2cc(F)cc(F)c2)cc1O. The van der Waals surface area contributed by atoms with Crippen LogP contribution >= 0.6 is 0 Å². The number of nitrogens with zero attached hydrogens (tertiary/aromatic N) is 1. The average Bonchev–Trinajstić information content (AvgIpc) is 2.58. The second kappa shape index (κ2) is 8.26. The summed E-state index contributed by atoms with van der Waals surface area (Å²) >= 11 is 0. The zero-order valence-corrected chi connectivity index (χ0v) is 14.5. The molecule has 9 heteroatoms. The van der Waals surface area contributed by atoms with Gasteiger partial charge in [0.25, 0.3) is 11.8 Å². The second-order valence-corrected chi connectivity index (χ2v) is 5.82. The van der Waals surface area contributed by atoms with E-state index in [0.29, 0.717) is 6.07 Å². The van der Waals surface area contributed by atoms with E-state index in [2.05, 4.69) is 10.6 Å². The Morgan fingerprint density at radius 1 is 1.00 bits per heavy atom. The molecule has 0 aliphatic rings. The lowest BCUT2D eigenvalue weighted by Gasteiger charge is -2.12. The topological polar surface area (TPSA) is 98.7 Å². The standard InChI is InChI=1S/C18H17F2N3O4/c1-23(2)16(25)9-21-18(27)14-4-3-13(8-15(14)24)22-17(26)10-5-11(19)7-12(20)6-10/h3-8,24H,9H2,1-2H3,(H,21,27)(H,22,26). The fourth-order valence-electron chi connectivity index (χ4n) is 2.10. The maximum absolute atomic E-state index is 13.2. The maximum atomic E-state index is 13.2. The van der Waals surface area contributed by atoms with Crippen LogP contribution in [0, 0.1) is 11.6 Å². The molecule has 0 unspecified atom stereocenters. The summed E-state index contributed by atoms with van der Waals surface area (Å²) in [5.41, 5.74) is -0.226. The first-order valence-electron chi connectivity index (χ1n) is 7.76. The van der Waals surface area contributed by atoms with E-state index in [4.69, 9.17) is 0 Å². The minimum absolute atomic E-state index is 0.101. The number of amides is 3. The van der Waals surface area contributed by atoms with Gasteiger partial charge in [0.05, 0.1) is 12.1 Å². The first-order chi connectivity index (χ1) is 12.7. The van der Waals surface area contributed by atoms with Gasteiger partial charge in [-0.1, -0.05) is 0 Å². The second-order valence-electron chi connectivity index (χ2n) is 5.82. The van der Waals surface area contributed by atoms with Crippen molar-refractivity contribution in [2.75, 3.05) is 26.0 Å². The third-order valence-corrected chi connectivity index (χ3v) is 3.52. The minimum atomic E-state index is -0.901. The number of halogens is 2. The van der Waals surface area contributed by atoms with Gasteiger partial charge in [-0.15, -0.1) is 0 Å². The summed E-state index contributed by atoms with van der Waals surface area (Å²) < 4.78 is 26.4. The van der Waals surface area contributed by atoms with Gasteiger partial charge in [-0.2, -0.15) is 0 Å². The van der Waals surface area contributed by atoms with Crippen LogP contribution in [-0.2, 0) is 4.79 Å². The molecule has 0 saturated carbocycles. The number of aromatic hydroxyl groups is 1. The lowest BCUT2D eigenvalue weighted by atomic mass is 10.1. The molecule has 2 rings (SSSR count).